The van der Waals surface area contributed by atoms with Crippen LogP contribution in [0.3, 0.4) is 0 Å². The summed E-state index contributed by atoms with van der Waals surface area (Å²) >= 11 is 0. The summed E-state index contributed by atoms with van der Waals surface area (Å²) in [6.07, 6.45) is 3.75. The number of nitro benzene ring substituents is 1. The second-order valence-electron chi connectivity index (χ2n) is 5.96. The fraction of sp³-hybridized carbons (Fsp3) is 0.400. The number of carbonyl (C=O) groups excluding carboxylic acids is 3. The van der Waals surface area contributed by atoms with Gasteiger partial charge >= 0.3 is 6.03 Å². The lowest BCUT2D eigenvalue weighted by Gasteiger charge is -2.30. The van der Waals surface area contributed by atoms with Crippen LogP contribution in [0, 0.1) is 10.1 Å². The average Bonchev–Trinajstić information content (AvgIpc) is 2.79. The molecule has 0 radical (unpaired) electrons. The molecule has 24 heavy (non-hydrogen) atoms. The summed E-state index contributed by atoms with van der Waals surface area (Å²) in [5, 5.41) is 14.1. The zero-order chi connectivity index (χ0) is 17.3. The molecule has 1 aliphatic heterocycles. The predicted octanol–water partition coefficient (Wildman–Crippen LogP) is 1.49. The minimum Gasteiger partial charge on any atom is -0.322 e. The molecule has 1 spiro atoms. The molecule has 1 saturated heterocycles. The fourth-order valence-electron chi connectivity index (χ4n) is 3.14. The molecule has 1 heterocycles. The second kappa shape index (κ2) is 5.91. The lowest BCUT2D eigenvalue weighted by Crippen LogP contribution is -2.50. The number of amides is 4. The van der Waals surface area contributed by atoms with Gasteiger partial charge in [0.25, 0.3) is 17.5 Å². The summed E-state index contributed by atoms with van der Waals surface area (Å²) in [7, 11) is 0. The Kier molecular flexibility index (Phi) is 3.92. The van der Waals surface area contributed by atoms with E-state index in [1.807, 2.05) is 0 Å². The van der Waals surface area contributed by atoms with Gasteiger partial charge in [-0.3, -0.25) is 25.1 Å². The molecule has 1 aromatic rings. The lowest BCUT2D eigenvalue weighted by molar-refractivity contribution is -0.384. The van der Waals surface area contributed by atoms with Crippen molar-refractivity contribution in [1.29, 1.82) is 0 Å². The summed E-state index contributed by atoms with van der Waals surface area (Å²) in [5.41, 5.74) is 1.05. The number of carbonyl (C=O) groups is 3. The second-order valence-corrected chi connectivity index (χ2v) is 5.96. The number of imide groups is 1. The van der Waals surface area contributed by atoms with Crippen molar-refractivity contribution >= 4 is 23.5 Å². The molecule has 2 N–H and O–H groups in total. The highest BCUT2D eigenvalue weighted by Gasteiger charge is 2.52. The molecule has 1 aliphatic carbocycles. The molecule has 1 aromatic carbocycles. The third-order valence-corrected chi connectivity index (χ3v) is 4.40. The summed E-state index contributed by atoms with van der Waals surface area (Å²) in [6.45, 7) is 0. The van der Waals surface area contributed by atoms with E-state index in [1.165, 1.54) is 18.2 Å². The number of nitrogens with zero attached hydrogens (tertiary/aromatic N) is 2. The first-order valence-electron chi connectivity index (χ1n) is 7.65. The van der Waals surface area contributed by atoms with E-state index < -0.39 is 28.3 Å². The molecule has 2 aliphatic rings. The summed E-state index contributed by atoms with van der Waals surface area (Å²) in [5.74, 6) is -1.24. The van der Waals surface area contributed by atoms with E-state index in [0.717, 1.165) is 25.3 Å². The third-order valence-electron chi connectivity index (χ3n) is 4.40. The van der Waals surface area contributed by atoms with Crippen LogP contribution in [-0.2, 0) is 4.79 Å². The van der Waals surface area contributed by atoms with E-state index in [4.69, 9.17) is 0 Å². The summed E-state index contributed by atoms with van der Waals surface area (Å²) in [4.78, 5) is 47.0. The zero-order valence-electron chi connectivity index (χ0n) is 12.8. The Labute approximate surface area is 137 Å². The van der Waals surface area contributed by atoms with Crippen LogP contribution >= 0.6 is 0 Å². The molecular weight excluding hydrogens is 316 g/mol. The third kappa shape index (κ3) is 2.68. The molecule has 0 atom stereocenters. The summed E-state index contributed by atoms with van der Waals surface area (Å²) < 4.78 is 0. The smallest absolute Gasteiger partial charge is 0.322 e. The van der Waals surface area contributed by atoms with Gasteiger partial charge in [0.05, 0.1) is 4.92 Å². The van der Waals surface area contributed by atoms with Gasteiger partial charge in [-0.05, 0) is 18.9 Å². The highest BCUT2D eigenvalue weighted by Crippen LogP contribution is 2.33. The number of urea groups is 1. The fourth-order valence-corrected chi connectivity index (χ4v) is 3.14. The number of nitro groups is 1. The maximum absolute atomic E-state index is 12.6. The SMILES string of the molecule is O=C(NN1C(=O)NC2(CCCCC2)C1=O)c1cccc([N+](=O)[O-])c1. The van der Waals surface area contributed by atoms with Gasteiger partial charge in [-0.1, -0.05) is 25.3 Å². The van der Waals surface area contributed by atoms with Crippen LogP contribution < -0.4 is 10.7 Å². The molecule has 4 amide bonds. The Hall–Kier alpha value is -2.97. The van der Waals surface area contributed by atoms with E-state index >= 15 is 0 Å². The van der Waals surface area contributed by atoms with Gasteiger partial charge in [0.15, 0.2) is 0 Å². The Balaban J connectivity index is 1.77. The Bertz CT molecular complexity index is 726. The first-order chi connectivity index (χ1) is 11.4. The van der Waals surface area contributed by atoms with Crippen LogP contribution in [0.5, 0.6) is 0 Å². The molecule has 3 rings (SSSR count). The van der Waals surface area contributed by atoms with Crippen molar-refractivity contribution in [3.63, 3.8) is 0 Å². The van der Waals surface area contributed by atoms with E-state index in [1.54, 1.807) is 0 Å². The minimum atomic E-state index is -0.939. The van der Waals surface area contributed by atoms with Crippen molar-refractivity contribution in [3.8, 4) is 0 Å². The number of hydrogen-bond donors (Lipinski definition) is 2. The maximum atomic E-state index is 12.6. The first-order valence-corrected chi connectivity index (χ1v) is 7.65. The van der Waals surface area contributed by atoms with Crippen molar-refractivity contribution in [3.05, 3.63) is 39.9 Å². The van der Waals surface area contributed by atoms with Crippen LogP contribution in [-0.4, -0.2) is 33.3 Å². The molecule has 9 nitrogen and oxygen atoms in total. The maximum Gasteiger partial charge on any atom is 0.344 e. The van der Waals surface area contributed by atoms with Gasteiger partial charge in [-0.2, -0.15) is 5.01 Å². The van der Waals surface area contributed by atoms with Gasteiger partial charge in [-0.25, -0.2) is 4.79 Å². The van der Waals surface area contributed by atoms with Crippen LogP contribution in [0.25, 0.3) is 0 Å². The van der Waals surface area contributed by atoms with Crippen LogP contribution in [0.4, 0.5) is 10.5 Å². The van der Waals surface area contributed by atoms with Gasteiger partial charge < -0.3 is 5.32 Å². The standard InChI is InChI=1S/C15H16N4O5/c20-12(10-5-4-6-11(9-10)19(23)24)17-18-13(21)15(16-14(18)22)7-2-1-3-8-15/h4-6,9H,1-3,7-8H2,(H,16,22)(H,17,20). The van der Waals surface area contributed by atoms with Crippen molar-refractivity contribution in [1.82, 2.24) is 15.8 Å². The van der Waals surface area contributed by atoms with E-state index in [-0.39, 0.29) is 11.3 Å². The topological polar surface area (TPSA) is 122 Å². The number of nitrogens with one attached hydrogen (secondary N) is 2. The van der Waals surface area contributed by atoms with Crippen molar-refractivity contribution in [2.75, 3.05) is 0 Å². The normalized spacial score (nSPS) is 19.2. The molecular formula is C15H16N4O5. The Morgan fingerprint density at radius 1 is 1.25 bits per heavy atom. The lowest BCUT2D eigenvalue weighted by atomic mass is 9.82. The highest BCUT2D eigenvalue weighted by molar-refractivity contribution is 6.09. The number of benzene rings is 1. The van der Waals surface area contributed by atoms with E-state index in [2.05, 4.69) is 10.7 Å². The van der Waals surface area contributed by atoms with E-state index in [9.17, 15) is 24.5 Å². The molecule has 126 valence electrons. The number of non-ortho nitro benzene ring substituents is 1. The van der Waals surface area contributed by atoms with Crippen LogP contribution in [0.1, 0.15) is 42.5 Å². The van der Waals surface area contributed by atoms with Crippen molar-refractivity contribution in [2.45, 2.75) is 37.6 Å². The van der Waals surface area contributed by atoms with Gasteiger partial charge in [0.1, 0.15) is 5.54 Å². The number of hydrogen-bond acceptors (Lipinski definition) is 5. The van der Waals surface area contributed by atoms with Crippen LogP contribution in [0.15, 0.2) is 24.3 Å². The number of hydrazine groups is 1. The molecule has 2 fully saturated rings. The van der Waals surface area contributed by atoms with Gasteiger partial charge in [0, 0.05) is 17.7 Å². The zero-order valence-corrected chi connectivity index (χ0v) is 12.8. The first kappa shape index (κ1) is 15.9. The largest absolute Gasteiger partial charge is 0.344 e. The molecule has 0 bridgehead atoms. The summed E-state index contributed by atoms with van der Waals surface area (Å²) in [6, 6.07) is 4.39. The Morgan fingerprint density at radius 3 is 2.62 bits per heavy atom. The monoisotopic (exact) mass is 332 g/mol. The number of rotatable bonds is 3. The van der Waals surface area contributed by atoms with Crippen molar-refractivity contribution < 1.29 is 19.3 Å². The Morgan fingerprint density at radius 2 is 1.96 bits per heavy atom. The molecule has 0 unspecified atom stereocenters. The highest BCUT2D eigenvalue weighted by atomic mass is 16.6. The van der Waals surface area contributed by atoms with Crippen molar-refractivity contribution in [2.24, 2.45) is 0 Å². The minimum absolute atomic E-state index is 0.00519. The molecule has 9 heteroatoms. The van der Waals surface area contributed by atoms with Crippen LogP contribution in [0.2, 0.25) is 0 Å². The quantitative estimate of drug-likeness (QED) is 0.493. The van der Waals surface area contributed by atoms with E-state index in [0.29, 0.717) is 17.9 Å². The molecule has 0 aromatic heterocycles. The van der Waals surface area contributed by atoms with Gasteiger partial charge in [0.2, 0.25) is 0 Å². The average molecular weight is 332 g/mol. The molecule has 1 saturated carbocycles. The van der Waals surface area contributed by atoms with Gasteiger partial charge in [-0.15, -0.1) is 0 Å². The predicted molar refractivity (Wildman–Crippen MR) is 81.8 cm³/mol.